The molecule has 0 bridgehead atoms. The van der Waals surface area contributed by atoms with Crippen molar-refractivity contribution in [2.75, 3.05) is 13.1 Å². The number of aryl methyl sites for hydroxylation is 1. The number of carbonyl (C=O) groups is 4. The Bertz CT molecular complexity index is 1500. The van der Waals surface area contributed by atoms with Crippen molar-refractivity contribution in [1.82, 2.24) is 20.4 Å². The fraction of sp³-hybridized carbons (Fsp3) is 0.579. The van der Waals surface area contributed by atoms with Gasteiger partial charge in [0.15, 0.2) is 0 Å². The second kappa shape index (κ2) is 16.5. The van der Waals surface area contributed by atoms with Crippen LogP contribution in [0, 0.1) is 0 Å². The van der Waals surface area contributed by atoms with Crippen molar-refractivity contribution in [2.24, 2.45) is 0 Å². The van der Waals surface area contributed by atoms with E-state index in [1.807, 2.05) is 18.2 Å². The molecule has 51 heavy (non-hydrogen) atoms. The van der Waals surface area contributed by atoms with Crippen LogP contribution in [0.4, 0.5) is 18.0 Å². The van der Waals surface area contributed by atoms with Crippen molar-refractivity contribution in [2.45, 2.75) is 128 Å². The summed E-state index contributed by atoms with van der Waals surface area (Å²) in [4.78, 5) is 57.6. The smallest absolute Gasteiger partial charge is 0.416 e. The van der Waals surface area contributed by atoms with Crippen molar-refractivity contribution in [3.05, 3.63) is 71.3 Å². The Hall–Kier alpha value is -4.13. The number of hydrogen-bond acceptors (Lipinski definition) is 7. The summed E-state index contributed by atoms with van der Waals surface area (Å²) in [5.41, 5.74) is -0.647. The highest BCUT2D eigenvalue weighted by molar-refractivity contribution is 5.90. The fourth-order valence-corrected chi connectivity index (χ4v) is 6.63. The number of esters is 1. The Balaban J connectivity index is 1.57. The lowest BCUT2D eigenvalue weighted by Crippen LogP contribution is -2.53. The summed E-state index contributed by atoms with van der Waals surface area (Å²) in [5.74, 6) is -1.33. The number of ether oxygens (including phenoxy) is 2. The van der Waals surface area contributed by atoms with Crippen molar-refractivity contribution in [3.8, 4) is 0 Å². The first-order valence-electron chi connectivity index (χ1n) is 17.5. The van der Waals surface area contributed by atoms with Gasteiger partial charge in [0.05, 0.1) is 11.6 Å². The minimum atomic E-state index is -4.49. The lowest BCUT2D eigenvalue weighted by Gasteiger charge is -2.32. The molecule has 2 aliphatic heterocycles. The van der Waals surface area contributed by atoms with Crippen LogP contribution in [0.2, 0.25) is 0 Å². The summed E-state index contributed by atoms with van der Waals surface area (Å²) in [5, 5.41) is 5.71. The summed E-state index contributed by atoms with van der Waals surface area (Å²) < 4.78 is 50.3. The van der Waals surface area contributed by atoms with Gasteiger partial charge in [-0.2, -0.15) is 13.2 Å². The number of hydrogen-bond donors (Lipinski definition) is 2. The Morgan fingerprint density at radius 1 is 0.902 bits per heavy atom. The Kier molecular flexibility index (Phi) is 12.8. The molecule has 10 nitrogen and oxygen atoms in total. The predicted octanol–water partition coefficient (Wildman–Crippen LogP) is 6.01. The minimum absolute atomic E-state index is 0.0134. The molecule has 3 amide bonds. The van der Waals surface area contributed by atoms with Crippen LogP contribution >= 0.6 is 0 Å². The molecule has 0 aromatic heterocycles. The first-order valence-corrected chi connectivity index (χ1v) is 17.5. The normalized spacial score (nSPS) is 20.6. The molecule has 4 rings (SSSR count). The van der Waals surface area contributed by atoms with Gasteiger partial charge in [-0.1, -0.05) is 42.5 Å². The van der Waals surface area contributed by atoms with E-state index in [1.54, 1.807) is 41.5 Å². The average Bonchev–Trinajstić information content (AvgIpc) is 3.39. The van der Waals surface area contributed by atoms with Crippen molar-refractivity contribution < 1.29 is 41.8 Å². The van der Waals surface area contributed by atoms with Gasteiger partial charge >= 0.3 is 18.2 Å². The molecule has 4 atom stereocenters. The molecule has 13 heteroatoms. The van der Waals surface area contributed by atoms with E-state index in [-0.39, 0.29) is 43.9 Å². The summed E-state index contributed by atoms with van der Waals surface area (Å²) >= 11 is 0. The van der Waals surface area contributed by atoms with Gasteiger partial charge in [0.2, 0.25) is 11.8 Å². The van der Waals surface area contributed by atoms with E-state index in [2.05, 4.69) is 27.7 Å². The molecular formula is C38H51F3N4O6. The largest absolute Gasteiger partial charge is 0.460 e. The fourth-order valence-electron chi connectivity index (χ4n) is 6.63. The first-order chi connectivity index (χ1) is 23.8. The Morgan fingerprint density at radius 2 is 1.55 bits per heavy atom. The highest BCUT2D eigenvalue weighted by atomic mass is 19.4. The lowest BCUT2D eigenvalue weighted by molar-refractivity contribution is -0.156. The maximum Gasteiger partial charge on any atom is 0.416 e. The Labute approximate surface area is 298 Å². The highest BCUT2D eigenvalue weighted by Crippen LogP contribution is 2.32. The van der Waals surface area contributed by atoms with Crippen molar-refractivity contribution >= 4 is 23.9 Å². The van der Waals surface area contributed by atoms with Gasteiger partial charge in [-0.15, -0.1) is 0 Å². The predicted molar refractivity (Wildman–Crippen MR) is 185 cm³/mol. The van der Waals surface area contributed by atoms with E-state index in [0.717, 1.165) is 30.5 Å². The van der Waals surface area contributed by atoms with Gasteiger partial charge in [0.1, 0.15) is 17.2 Å². The monoisotopic (exact) mass is 716 g/mol. The number of nitrogens with zero attached hydrogens (tertiary/aromatic N) is 2. The van der Waals surface area contributed by atoms with E-state index in [1.165, 1.54) is 17.0 Å². The summed E-state index contributed by atoms with van der Waals surface area (Å²) in [6.45, 7) is 11.1. The number of halogens is 3. The maximum absolute atomic E-state index is 14.5. The molecule has 0 radical (unpaired) electrons. The average molecular weight is 717 g/mol. The number of nitrogens with one attached hydrogen (secondary N) is 2. The molecule has 2 saturated heterocycles. The van der Waals surface area contributed by atoms with Crippen molar-refractivity contribution in [1.29, 1.82) is 0 Å². The van der Waals surface area contributed by atoms with Gasteiger partial charge in [0, 0.05) is 38.1 Å². The van der Waals surface area contributed by atoms with Gasteiger partial charge < -0.3 is 25.0 Å². The molecular weight excluding hydrogens is 665 g/mol. The third-order valence-corrected chi connectivity index (χ3v) is 8.88. The zero-order valence-electron chi connectivity index (χ0n) is 30.3. The number of carbonyl (C=O) groups excluding carboxylic acids is 4. The van der Waals surface area contributed by atoms with E-state index < -0.39 is 53.0 Å². The molecule has 2 aromatic carbocycles. The zero-order valence-corrected chi connectivity index (χ0v) is 30.3. The number of alkyl carbamates (subject to hydrolysis) is 1. The second-order valence-corrected chi connectivity index (χ2v) is 15.3. The van der Waals surface area contributed by atoms with Gasteiger partial charge in [0.25, 0.3) is 0 Å². The standard InChI is InChI=1S/C38H51F3N4O6/c1-36(2,3)50-32(46)19-18-30(33(47)42-23-26-12-15-27(16-13-26)38(39,40)41)44-21-20-29(17-14-25-10-8-7-9-11-25)45-24-28(22-31(45)34(44)48)43-35(49)51-37(4,5)6/h7-13,15-16,28-31H,14,17-24H2,1-6H3,(H,42,47)(H,43,49)/t28-,29-,30-,31+/m1/s1. The quantitative estimate of drug-likeness (QED) is 0.274. The van der Waals surface area contributed by atoms with Crippen molar-refractivity contribution in [3.63, 3.8) is 0 Å². The third kappa shape index (κ3) is 12.0. The number of amides is 3. The van der Waals surface area contributed by atoms with Gasteiger partial charge in [-0.3, -0.25) is 19.3 Å². The molecule has 2 N–H and O–H groups in total. The van der Waals surface area contributed by atoms with E-state index >= 15 is 0 Å². The second-order valence-electron chi connectivity index (χ2n) is 15.3. The van der Waals surface area contributed by atoms with Crippen LogP contribution < -0.4 is 10.6 Å². The molecule has 2 aliphatic rings. The van der Waals surface area contributed by atoms with E-state index in [0.29, 0.717) is 24.9 Å². The van der Waals surface area contributed by atoms with Crippen LogP contribution in [-0.4, -0.2) is 82.1 Å². The van der Waals surface area contributed by atoms with E-state index in [9.17, 15) is 32.3 Å². The van der Waals surface area contributed by atoms with Crippen LogP contribution in [0.5, 0.6) is 0 Å². The summed E-state index contributed by atoms with van der Waals surface area (Å²) in [7, 11) is 0. The van der Waals surface area contributed by atoms with Crippen LogP contribution in [-0.2, 0) is 43.0 Å². The molecule has 0 unspecified atom stereocenters. The van der Waals surface area contributed by atoms with Crippen LogP contribution in [0.25, 0.3) is 0 Å². The van der Waals surface area contributed by atoms with Crippen LogP contribution in [0.3, 0.4) is 0 Å². The maximum atomic E-state index is 14.5. The minimum Gasteiger partial charge on any atom is -0.460 e. The Morgan fingerprint density at radius 3 is 2.16 bits per heavy atom. The number of fused-ring (bicyclic) bond motifs is 1. The summed E-state index contributed by atoms with van der Waals surface area (Å²) in [6, 6.07) is 12.4. The SMILES string of the molecule is CC(C)(C)OC(=O)CC[C@H](C(=O)NCc1ccc(C(F)(F)F)cc1)N1CC[C@@H](CCc2ccccc2)N2C[C@H](NC(=O)OC(C)(C)C)C[C@H]2C1=O. The van der Waals surface area contributed by atoms with Crippen LogP contribution in [0.1, 0.15) is 90.3 Å². The first kappa shape index (κ1) is 39.7. The number of alkyl halides is 3. The molecule has 0 spiro atoms. The molecule has 0 aliphatic carbocycles. The molecule has 2 fully saturated rings. The van der Waals surface area contributed by atoms with E-state index in [4.69, 9.17) is 9.47 Å². The molecule has 2 heterocycles. The zero-order chi connectivity index (χ0) is 37.6. The van der Waals surface area contributed by atoms with Crippen LogP contribution in [0.15, 0.2) is 54.6 Å². The number of benzene rings is 2. The highest BCUT2D eigenvalue weighted by Gasteiger charge is 2.47. The number of rotatable bonds is 11. The summed E-state index contributed by atoms with van der Waals surface area (Å²) in [6.07, 6.45) is -2.85. The molecule has 2 aromatic rings. The third-order valence-electron chi connectivity index (χ3n) is 8.88. The topological polar surface area (TPSA) is 117 Å². The molecule has 0 saturated carbocycles. The molecule has 280 valence electrons. The lowest BCUT2D eigenvalue weighted by atomic mass is 10.0. The van der Waals surface area contributed by atoms with Gasteiger partial charge in [-0.05, 0) is 96.9 Å². The van der Waals surface area contributed by atoms with Gasteiger partial charge in [-0.25, -0.2) is 4.79 Å².